The summed E-state index contributed by atoms with van der Waals surface area (Å²) >= 11 is 7.51. The summed E-state index contributed by atoms with van der Waals surface area (Å²) in [5.74, 6) is -0.986. The number of hydrogen-bond donors (Lipinski definition) is 1. The summed E-state index contributed by atoms with van der Waals surface area (Å²) in [6, 6.07) is 12.1. The molecule has 1 N–H and O–H groups in total. The number of anilines is 1. The van der Waals surface area contributed by atoms with E-state index in [-0.39, 0.29) is 29.8 Å². The lowest BCUT2D eigenvalue weighted by Gasteiger charge is -2.30. The Balaban J connectivity index is 1.37. The van der Waals surface area contributed by atoms with Crippen LogP contribution in [0.2, 0.25) is 5.02 Å². The Morgan fingerprint density at radius 3 is 2.48 bits per heavy atom. The minimum atomic E-state index is -3.71. The van der Waals surface area contributed by atoms with Crippen LogP contribution in [-0.2, 0) is 14.8 Å². The minimum absolute atomic E-state index is 0.0479. The van der Waals surface area contributed by atoms with Crippen molar-refractivity contribution in [2.75, 3.05) is 18.4 Å². The molecule has 1 aliphatic heterocycles. The zero-order valence-electron chi connectivity index (χ0n) is 16.3. The quantitative estimate of drug-likeness (QED) is 0.578. The molecular weight excluding hydrogens is 461 g/mol. The van der Waals surface area contributed by atoms with Crippen LogP contribution in [0.5, 0.6) is 0 Å². The van der Waals surface area contributed by atoms with Crippen LogP contribution in [0, 0.1) is 11.7 Å². The molecule has 10 heteroatoms. The van der Waals surface area contributed by atoms with E-state index in [1.165, 1.54) is 27.8 Å². The maximum atomic E-state index is 13.1. The monoisotopic (exact) mass is 479 g/mol. The zero-order valence-corrected chi connectivity index (χ0v) is 18.7. The average Bonchev–Trinajstić information content (AvgIpc) is 3.22. The molecule has 1 aliphatic rings. The van der Waals surface area contributed by atoms with Crippen molar-refractivity contribution in [3.63, 3.8) is 0 Å². The molecular formula is C21H19ClFN3O3S2. The highest BCUT2D eigenvalue weighted by atomic mass is 35.5. The van der Waals surface area contributed by atoms with E-state index in [2.05, 4.69) is 10.3 Å². The number of carbonyl (C=O) groups is 1. The maximum Gasteiger partial charge on any atom is 0.243 e. The number of nitrogens with zero attached hydrogens (tertiary/aromatic N) is 2. The normalized spacial score (nSPS) is 15.7. The number of benzene rings is 2. The van der Waals surface area contributed by atoms with E-state index in [0.717, 1.165) is 17.7 Å². The lowest BCUT2D eigenvalue weighted by atomic mass is 9.97. The summed E-state index contributed by atoms with van der Waals surface area (Å²) < 4.78 is 39.9. The fourth-order valence-corrected chi connectivity index (χ4v) is 5.86. The van der Waals surface area contributed by atoms with Gasteiger partial charge in [0.2, 0.25) is 15.9 Å². The molecule has 2 aromatic carbocycles. The topological polar surface area (TPSA) is 79.4 Å². The van der Waals surface area contributed by atoms with E-state index >= 15 is 0 Å². The molecule has 3 aromatic rings. The number of thiazole rings is 1. The summed E-state index contributed by atoms with van der Waals surface area (Å²) in [6.07, 6.45) is 0.796. The van der Waals surface area contributed by atoms with Crippen molar-refractivity contribution < 1.29 is 17.6 Å². The molecule has 0 saturated carbocycles. The summed E-state index contributed by atoms with van der Waals surface area (Å²) in [5, 5.41) is 5.71. The molecule has 1 saturated heterocycles. The van der Waals surface area contributed by atoms with Crippen LogP contribution in [0.3, 0.4) is 0 Å². The zero-order chi connectivity index (χ0) is 22.0. The Morgan fingerprint density at radius 2 is 1.81 bits per heavy atom. The van der Waals surface area contributed by atoms with Gasteiger partial charge in [0, 0.05) is 35.0 Å². The van der Waals surface area contributed by atoms with E-state index in [0.29, 0.717) is 28.7 Å². The Hall–Kier alpha value is -2.33. The first-order valence-electron chi connectivity index (χ1n) is 9.61. The van der Waals surface area contributed by atoms with E-state index in [9.17, 15) is 17.6 Å². The summed E-state index contributed by atoms with van der Waals surface area (Å²) in [6.45, 7) is 0.446. The third-order valence-electron chi connectivity index (χ3n) is 5.16. The van der Waals surface area contributed by atoms with Crippen LogP contribution in [-0.4, -0.2) is 36.7 Å². The van der Waals surface area contributed by atoms with Crippen LogP contribution >= 0.6 is 22.9 Å². The highest BCUT2D eigenvalue weighted by Gasteiger charge is 2.32. The van der Waals surface area contributed by atoms with Gasteiger partial charge in [-0.25, -0.2) is 17.8 Å². The Bertz CT molecular complexity index is 1190. The lowest BCUT2D eigenvalue weighted by Crippen LogP contribution is -2.41. The molecule has 0 atom stereocenters. The summed E-state index contributed by atoms with van der Waals surface area (Å²) in [5.41, 5.74) is 1.48. The van der Waals surface area contributed by atoms with Crippen molar-refractivity contribution in [3.05, 3.63) is 64.8 Å². The Labute approximate surface area is 188 Å². The minimum Gasteiger partial charge on any atom is -0.302 e. The molecule has 162 valence electrons. The van der Waals surface area contributed by atoms with Gasteiger partial charge in [0.15, 0.2) is 5.13 Å². The maximum absolute atomic E-state index is 13.1. The van der Waals surface area contributed by atoms with Crippen LogP contribution in [0.15, 0.2) is 58.8 Å². The molecule has 1 amide bonds. The first-order chi connectivity index (χ1) is 14.8. The van der Waals surface area contributed by atoms with Gasteiger partial charge in [-0.05, 0) is 43.2 Å². The molecule has 0 radical (unpaired) electrons. The van der Waals surface area contributed by atoms with Gasteiger partial charge < -0.3 is 5.32 Å². The Morgan fingerprint density at radius 1 is 1.13 bits per heavy atom. The van der Waals surface area contributed by atoms with Gasteiger partial charge in [-0.2, -0.15) is 4.31 Å². The molecule has 4 rings (SSSR count). The van der Waals surface area contributed by atoms with Crippen molar-refractivity contribution >= 4 is 44.0 Å². The molecule has 0 aliphatic carbocycles. The lowest BCUT2D eigenvalue weighted by molar-refractivity contribution is -0.120. The number of aromatic nitrogens is 1. The molecule has 1 aromatic heterocycles. The molecule has 6 nitrogen and oxygen atoms in total. The van der Waals surface area contributed by atoms with E-state index in [1.54, 1.807) is 6.07 Å². The smallest absolute Gasteiger partial charge is 0.243 e. The SMILES string of the molecule is O=C(Nc1nc(-c2ccccc2Cl)cs1)C1CCN(S(=O)(=O)c2ccc(F)cc2)CC1. The van der Waals surface area contributed by atoms with Crippen LogP contribution < -0.4 is 5.32 Å². The van der Waals surface area contributed by atoms with Crippen molar-refractivity contribution in [1.29, 1.82) is 0 Å². The second-order valence-corrected chi connectivity index (χ2v) is 10.3. The standard InChI is InChI=1S/C21H19ClFN3O3S2/c22-18-4-2-1-3-17(18)19-13-30-21(24-19)25-20(27)14-9-11-26(12-10-14)31(28,29)16-7-5-15(23)6-8-16/h1-8,13-14H,9-12H2,(H,24,25,27). The van der Waals surface area contributed by atoms with Gasteiger partial charge in [-0.15, -0.1) is 11.3 Å². The second-order valence-electron chi connectivity index (χ2n) is 7.14. The average molecular weight is 480 g/mol. The number of rotatable bonds is 5. The van der Waals surface area contributed by atoms with Gasteiger partial charge in [-0.3, -0.25) is 4.79 Å². The second kappa shape index (κ2) is 9.04. The predicted octanol–water partition coefficient (Wildman–Crippen LogP) is 4.64. The fraction of sp³-hybridized carbons (Fsp3) is 0.238. The molecule has 0 spiro atoms. The van der Waals surface area contributed by atoms with Gasteiger partial charge in [-0.1, -0.05) is 29.8 Å². The number of carbonyl (C=O) groups excluding carboxylic acids is 1. The van der Waals surface area contributed by atoms with Crippen molar-refractivity contribution in [1.82, 2.24) is 9.29 Å². The number of halogens is 2. The first-order valence-corrected chi connectivity index (χ1v) is 12.3. The fourth-order valence-electron chi connectivity index (χ4n) is 3.45. The highest BCUT2D eigenvalue weighted by Crippen LogP contribution is 2.31. The molecule has 31 heavy (non-hydrogen) atoms. The molecule has 0 bridgehead atoms. The van der Waals surface area contributed by atoms with Crippen LogP contribution in [0.25, 0.3) is 11.3 Å². The molecule has 2 heterocycles. The largest absolute Gasteiger partial charge is 0.302 e. The highest BCUT2D eigenvalue weighted by molar-refractivity contribution is 7.89. The van der Waals surface area contributed by atoms with Crippen LogP contribution in [0.4, 0.5) is 9.52 Å². The van der Waals surface area contributed by atoms with E-state index in [4.69, 9.17) is 11.6 Å². The summed E-state index contributed by atoms with van der Waals surface area (Å²) in [7, 11) is -3.71. The van der Waals surface area contributed by atoms with Gasteiger partial charge >= 0.3 is 0 Å². The Kier molecular flexibility index (Phi) is 6.38. The predicted molar refractivity (Wildman–Crippen MR) is 119 cm³/mol. The molecule has 1 fully saturated rings. The number of sulfonamides is 1. The van der Waals surface area contributed by atoms with Crippen molar-refractivity contribution in [3.8, 4) is 11.3 Å². The third-order valence-corrected chi connectivity index (χ3v) is 8.16. The van der Waals surface area contributed by atoms with E-state index in [1.807, 2.05) is 23.6 Å². The summed E-state index contributed by atoms with van der Waals surface area (Å²) in [4.78, 5) is 17.2. The van der Waals surface area contributed by atoms with Crippen molar-refractivity contribution in [2.45, 2.75) is 17.7 Å². The van der Waals surface area contributed by atoms with E-state index < -0.39 is 15.8 Å². The number of amides is 1. The number of piperidine rings is 1. The van der Waals surface area contributed by atoms with Gasteiger partial charge in [0.05, 0.1) is 10.6 Å². The van der Waals surface area contributed by atoms with Gasteiger partial charge in [0.25, 0.3) is 0 Å². The first kappa shape index (κ1) is 21.9. The number of hydrogen-bond acceptors (Lipinski definition) is 5. The van der Waals surface area contributed by atoms with Gasteiger partial charge in [0.1, 0.15) is 5.82 Å². The van der Waals surface area contributed by atoms with Crippen LogP contribution in [0.1, 0.15) is 12.8 Å². The van der Waals surface area contributed by atoms with Crippen molar-refractivity contribution in [2.24, 2.45) is 5.92 Å². The number of nitrogens with one attached hydrogen (secondary N) is 1. The third kappa shape index (κ3) is 4.79. The molecule has 0 unspecified atom stereocenters.